The van der Waals surface area contributed by atoms with E-state index >= 15 is 0 Å². The maximum absolute atomic E-state index is 12.9. The standard InChI is InChI=1S/C10H11FO2/c1-7-2-3-8(11)4-9(7)10(12)5-13-6-10/h2-4,12H,5-6H2,1H3. The van der Waals surface area contributed by atoms with Gasteiger partial charge in [0.1, 0.15) is 11.4 Å². The first-order chi connectivity index (χ1) is 6.12. The maximum Gasteiger partial charge on any atom is 0.136 e. The summed E-state index contributed by atoms with van der Waals surface area (Å²) in [4.78, 5) is 0. The first-order valence-electron chi connectivity index (χ1n) is 4.19. The Balaban J connectivity index is 2.43. The zero-order valence-corrected chi connectivity index (χ0v) is 7.38. The van der Waals surface area contributed by atoms with Crippen molar-refractivity contribution in [3.63, 3.8) is 0 Å². The molecule has 2 nitrogen and oxygen atoms in total. The quantitative estimate of drug-likeness (QED) is 0.710. The molecule has 3 heteroatoms. The summed E-state index contributed by atoms with van der Waals surface area (Å²) >= 11 is 0. The second kappa shape index (κ2) is 2.79. The van der Waals surface area contributed by atoms with Crippen molar-refractivity contribution in [1.82, 2.24) is 0 Å². The molecule has 1 aromatic rings. The van der Waals surface area contributed by atoms with Gasteiger partial charge in [0.25, 0.3) is 0 Å². The highest BCUT2D eigenvalue weighted by Crippen LogP contribution is 2.31. The number of hydrogen-bond acceptors (Lipinski definition) is 2. The van der Waals surface area contributed by atoms with E-state index in [1.54, 1.807) is 6.07 Å². The van der Waals surface area contributed by atoms with Crippen LogP contribution in [0.15, 0.2) is 18.2 Å². The largest absolute Gasteiger partial charge is 0.380 e. The molecule has 0 spiro atoms. The number of aliphatic hydroxyl groups is 1. The molecule has 1 aliphatic rings. The van der Waals surface area contributed by atoms with Gasteiger partial charge in [0.05, 0.1) is 13.2 Å². The highest BCUT2D eigenvalue weighted by atomic mass is 19.1. The lowest BCUT2D eigenvalue weighted by molar-refractivity contribution is -0.185. The molecular formula is C10H11FO2. The van der Waals surface area contributed by atoms with Crippen LogP contribution in [-0.2, 0) is 10.3 Å². The van der Waals surface area contributed by atoms with Gasteiger partial charge in [-0.2, -0.15) is 0 Å². The SMILES string of the molecule is Cc1ccc(F)cc1C1(O)COC1. The predicted molar refractivity (Wildman–Crippen MR) is 45.9 cm³/mol. The summed E-state index contributed by atoms with van der Waals surface area (Å²) in [5.41, 5.74) is 0.567. The van der Waals surface area contributed by atoms with Gasteiger partial charge in [0.2, 0.25) is 0 Å². The smallest absolute Gasteiger partial charge is 0.136 e. The molecule has 0 unspecified atom stereocenters. The minimum absolute atomic E-state index is 0.261. The first kappa shape index (κ1) is 8.66. The van der Waals surface area contributed by atoms with Gasteiger partial charge in [0, 0.05) is 0 Å². The van der Waals surface area contributed by atoms with Crippen LogP contribution in [0.4, 0.5) is 4.39 Å². The molecule has 1 saturated heterocycles. The van der Waals surface area contributed by atoms with Crippen LogP contribution in [0.25, 0.3) is 0 Å². The summed E-state index contributed by atoms with van der Waals surface area (Å²) < 4.78 is 17.8. The topological polar surface area (TPSA) is 29.5 Å². The van der Waals surface area contributed by atoms with Gasteiger partial charge in [-0.05, 0) is 30.2 Å². The van der Waals surface area contributed by atoms with Crippen LogP contribution in [0.2, 0.25) is 0 Å². The Morgan fingerprint density at radius 2 is 2.15 bits per heavy atom. The van der Waals surface area contributed by atoms with E-state index in [4.69, 9.17) is 4.74 Å². The molecule has 1 aliphatic heterocycles. The Labute approximate surface area is 76.0 Å². The lowest BCUT2D eigenvalue weighted by atomic mass is 9.89. The minimum Gasteiger partial charge on any atom is -0.380 e. The summed E-state index contributed by atoms with van der Waals surface area (Å²) in [5.74, 6) is -0.319. The van der Waals surface area contributed by atoms with Gasteiger partial charge in [-0.3, -0.25) is 0 Å². The van der Waals surface area contributed by atoms with Crippen molar-refractivity contribution in [2.45, 2.75) is 12.5 Å². The van der Waals surface area contributed by atoms with Crippen molar-refractivity contribution < 1.29 is 14.2 Å². The molecule has 0 bridgehead atoms. The lowest BCUT2D eigenvalue weighted by Gasteiger charge is -2.37. The molecule has 70 valence electrons. The van der Waals surface area contributed by atoms with Crippen molar-refractivity contribution in [3.8, 4) is 0 Å². The molecule has 0 saturated carbocycles. The van der Waals surface area contributed by atoms with E-state index in [0.717, 1.165) is 5.56 Å². The van der Waals surface area contributed by atoms with E-state index in [0.29, 0.717) is 5.56 Å². The Bertz CT molecular complexity index is 332. The molecule has 1 N–H and O–H groups in total. The fourth-order valence-corrected chi connectivity index (χ4v) is 1.55. The summed E-state index contributed by atoms with van der Waals surface area (Å²) in [7, 11) is 0. The minimum atomic E-state index is -0.966. The molecule has 1 fully saturated rings. The van der Waals surface area contributed by atoms with E-state index in [1.165, 1.54) is 12.1 Å². The van der Waals surface area contributed by atoms with Crippen LogP contribution < -0.4 is 0 Å². The lowest BCUT2D eigenvalue weighted by Crippen LogP contribution is -2.47. The second-order valence-electron chi connectivity index (χ2n) is 3.48. The van der Waals surface area contributed by atoms with Crippen LogP contribution in [0.3, 0.4) is 0 Å². The summed E-state index contributed by atoms with van der Waals surface area (Å²) in [6.07, 6.45) is 0. The monoisotopic (exact) mass is 182 g/mol. The van der Waals surface area contributed by atoms with Crippen LogP contribution in [-0.4, -0.2) is 18.3 Å². The highest BCUT2D eigenvalue weighted by Gasteiger charge is 2.39. The Morgan fingerprint density at radius 1 is 1.46 bits per heavy atom. The van der Waals surface area contributed by atoms with E-state index in [2.05, 4.69) is 0 Å². The van der Waals surface area contributed by atoms with Gasteiger partial charge in [-0.25, -0.2) is 4.39 Å². The van der Waals surface area contributed by atoms with Crippen LogP contribution >= 0.6 is 0 Å². The summed E-state index contributed by atoms with van der Waals surface area (Å²) in [5, 5.41) is 9.89. The number of halogens is 1. The second-order valence-corrected chi connectivity index (χ2v) is 3.48. The maximum atomic E-state index is 12.9. The number of rotatable bonds is 1. The molecular weight excluding hydrogens is 171 g/mol. The average molecular weight is 182 g/mol. The van der Waals surface area contributed by atoms with Gasteiger partial charge in [-0.15, -0.1) is 0 Å². The van der Waals surface area contributed by atoms with Crippen LogP contribution in [0.1, 0.15) is 11.1 Å². The van der Waals surface area contributed by atoms with Gasteiger partial charge >= 0.3 is 0 Å². The van der Waals surface area contributed by atoms with Crippen molar-refractivity contribution in [1.29, 1.82) is 0 Å². The summed E-state index contributed by atoms with van der Waals surface area (Å²) in [6.45, 7) is 2.37. The third kappa shape index (κ3) is 1.34. The summed E-state index contributed by atoms with van der Waals surface area (Å²) in [6, 6.07) is 4.43. The van der Waals surface area contributed by atoms with E-state index in [1.807, 2.05) is 6.92 Å². The predicted octanol–water partition coefficient (Wildman–Crippen LogP) is 1.35. The van der Waals surface area contributed by atoms with Gasteiger partial charge in [0.15, 0.2) is 0 Å². The fraction of sp³-hybridized carbons (Fsp3) is 0.400. The number of hydrogen-bond donors (Lipinski definition) is 1. The molecule has 0 amide bonds. The van der Waals surface area contributed by atoms with Gasteiger partial charge in [-0.1, -0.05) is 6.07 Å². The third-order valence-electron chi connectivity index (χ3n) is 2.38. The zero-order chi connectivity index (χ0) is 9.47. The zero-order valence-electron chi connectivity index (χ0n) is 7.38. The van der Waals surface area contributed by atoms with E-state index in [-0.39, 0.29) is 19.0 Å². The third-order valence-corrected chi connectivity index (χ3v) is 2.38. The normalized spacial score (nSPS) is 19.6. The molecule has 2 rings (SSSR count). The Kier molecular flexibility index (Phi) is 1.86. The average Bonchev–Trinajstić information content (AvgIpc) is 2.05. The molecule has 0 radical (unpaired) electrons. The molecule has 0 aliphatic carbocycles. The number of benzene rings is 1. The molecule has 1 aromatic carbocycles. The first-order valence-corrected chi connectivity index (χ1v) is 4.19. The van der Waals surface area contributed by atoms with Crippen molar-refractivity contribution in [2.75, 3.05) is 13.2 Å². The van der Waals surface area contributed by atoms with Crippen molar-refractivity contribution in [3.05, 3.63) is 35.1 Å². The highest BCUT2D eigenvalue weighted by molar-refractivity contribution is 5.33. The van der Waals surface area contributed by atoms with Crippen LogP contribution in [0, 0.1) is 12.7 Å². The molecule has 0 aromatic heterocycles. The molecule has 1 heterocycles. The molecule has 13 heavy (non-hydrogen) atoms. The number of ether oxygens (including phenoxy) is 1. The Morgan fingerprint density at radius 3 is 2.69 bits per heavy atom. The van der Waals surface area contributed by atoms with E-state index < -0.39 is 5.60 Å². The van der Waals surface area contributed by atoms with Crippen molar-refractivity contribution >= 4 is 0 Å². The molecule has 0 atom stereocenters. The van der Waals surface area contributed by atoms with Gasteiger partial charge < -0.3 is 9.84 Å². The van der Waals surface area contributed by atoms with E-state index in [9.17, 15) is 9.50 Å². The number of aryl methyl sites for hydroxylation is 1. The van der Waals surface area contributed by atoms with Crippen LogP contribution in [0.5, 0.6) is 0 Å². The fourth-order valence-electron chi connectivity index (χ4n) is 1.55. The Hall–Kier alpha value is -0.930. The van der Waals surface area contributed by atoms with Crippen molar-refractivity contribution in [2.24, 2.45) is 0 Å².